The van der Waals surface area contributed by atoms with Crippen molar-refractivity contribution in [2.75, 3.05) is 16.4 Å². The first-order valence-corrected chi connectivity index (χ1v) is 13.3. The Morgan fingerprint density at radius 2 is 1.68 bits per heavy atom. The maximum atomic E-state index is 13.1. The molecule has 1 fully saturated rings. The van der Waals surface area contributed by atoms with Crippen LogP contribution in [0.1, 0.15) is 30.6 Å². The number of urea groups is 1. The highest BCUT2D eigenvalue weighted by atomic mass is 32.2. The minimum Gasteiger partial charge on any atom is -0.308 e. The molecule has 10 heteroatoms. The van der Waals surface area contributed by atoms with E-state index in [0.29, 0.717) is 35.5 Å². The van der Waals surface area contributed by atoms with Crippen LogP contribution in [0.4, 0.5) is 16.2 Å². The van der Waals surface area contributed by atoms with Gasteiger partial charge in [-0.2, -0.15) is 0 Å². The van der Waals surface area contributed by atoms with Crippen LogP contribution in [0.3, 0.4) is 0 Å². The molecule has 2 aromatic carbocycles. The van der Waals surface area contributed by atoms with Crippen LogP contribution in [0.5, 0.6) is 0 Å². The average molecular weight is 500 g/mol. The molecule has 4 rings (SSSR count). The van der Waals surface area contributed by atoms with Crippen molar-refractivity contribution >= 4 is 44.5 Å². The van der Waals surface area contributed by atoms with Gasteiger partial charge in [0.25, 0.3) is 0 Å². The SMILES string of the molecule is O=C(C[C@]1(c2ccc(-c3cccc(NC(=O)Nc4ccccc4)c3)s2)CCCCS1(=O)=O)NO. The fraction of sp³-hybridized carbons (Fsp3) is 0.250. The Hall–Kier alpha value is -3.21. The standard InChI is InChI=1S/C24H25N3O5S2/c28-22(27-30)16-24(13-4-5-14-34(24,31)32)21-12-11-20(33-21)17-7-6-10-19(15-17)26-23(29)25-18-8-2-1-3-9-18/h1-3,6-12,15,30H,4-5,13-14,16H2,(H,27,28)(H2,25,26,29)/t24-/m0/s1. The Labute approximate surface area is 201 Å². The predicted molar refractivity (Wildman–Crippen MR) is 133 cm³/mol. The second-order valence-electron chi connectivity index (χ2n) is 8.17. The van der Waals surface area contributed by atoms with Crippen molar-refractivity contribution < 1.29 is 23.2 Å². The zero-order chi connectivity index (χ0) is 24.2. The molecule has 4 N–H and O–H groups in total. The third-order valence-corrected chi connectivity index (χ3v) is 9.95. The molecule has 1 atom stereocenters. The monoisotopic (exact) mass is 499 g/mol. The van der Waals surface area contributed by atoms with Crippen LogP contribution in [0.25, 0.3) is 10.4 Å². The van der Waals surface area contributed by atoms with Crippen LogP contribution >= 0.6 is 11.3 Å². The summed E-state index contributed by atoms with van der Waals surface area (Å²) < 4.78 is 24.9. The highest BCUT2D eigenvalue weighted by molar-refractivity contribution is 7.92. The lowest BCUT2D eigenvalue weighted by Crippen LogP contribution is -2.43. The number of carbonyl (C=O) groups is 2. The largest absolute Gasteiger partial charge is 0.323 e. The van der Waals surface area contributed by atoms with Gasteiger partial charge in [0.2, 0.25) is 5.91 Å². The molecule has 1 aromatic heterocycles. The van der Waals surface area contributed by atoms with Gasteiger partial charge in [-0.25, -0.2) is 18.7 Å². The number of hydroxylamine groups is 1. The fourth-order valence-corrected chi connectivity index (χ4v) is 7.99. The molecule has 3 aromatic rings. The number of para-hydroxylation sites is 1. The van der Waals surface area contributed by atoms with E-state index in [1.165, 1.54) is 11.3 Å². The van der Waals surface area contributed by atoms with E-state index in [1.807, 2.05) is 36.4 Å². The average Bonchev–Trinajstić information content (AvgIpc) is 3.32. The summed E-state index contributed by atoms with van der Waals surface area (Å²) in [6, 6.07) is 19.5. The lowest BCUT2D eigenvalue weighted by atomic mass is 9.94. The van der Waals surface area contributed by atoms with E-state index in [0.717, 1.165) is 10.4 Å². The maximum Gasteiger partial charge on any atom is 0.323 e. The molecule has 0 aliphatic carbocycles. The van der Waals surface area contributed by atoms with E-state index >= 15 is 0 Å². The summed E-state index contributed by atoms with van der Waals surface area (Å²) in [5.74, 6) is -0.717. The lowest BCUT2D eigenvalue weighted by molar-refractivity contribution is -0.130. The van der Waals surface area contributed by atoms with E-state index in [-0.39, 0.29) is 18.2 Å². The van der Waals surface area contributed by atoms with Gasteiger partial charge >= 0.3 is 6.03 Å². The molecule has 2 heterocycles. The van der Waals surface area contributed by atoms with Gasteiger partial charge in [0.1, 0.15) is 4.75 Å². The molecule has 34 heavy (non-hydrogen) atoms. The Bertz CT molecular complexity index is 1290. The number of sulfone groups is 1. The van der Waals surface area contributed by atoms with Gasteiger partial charge < -0.3 is 10.6 Å². The normalized spacial score (nSPS) is 19.2. The first kappa shape index (κ1) is 23.9. The van der Waals surface area contributed by atoms with E-state index in [4.69, 9.17) is 5.21 Å². The van der Waals surface area contributed by atoms with Crippen LogP contribution < -0.4 is 16.1 Å². The summed E-state index contributed by atoms with van der Waals surface area (Å²) in [6.07, 6.45) is 1.24. The number of hydrogen-bond acceptors (Lipinski definition) is 6. The smallest absolute Gasteiger partial charge is 0.308 e. The number of rotatable bonds is 6. The molecule has 1 aliphatic rings. The maximum absolute atomic E-state index is 13.1. The first-order chi connectivity index (χ1) is 16.3. The van der Waals surface area contributed by atoms with Crippen molar-refractivity contribution in [3.05, 3.63) is 71.6 Å². The number of hydrogen-bond donors (Lipinski definition) is 4. The van der Waals surface area contributed by atoms with Crippen molar-refractivity contribution in [1.82, 2.24) is 5.48 Å². The van der Waals surface area contributed by atoms with E-state index in [2.05, 4.69) is 10.6 Å². The molecule has 3 amide bonds. The second-order valence-corrected chi connectivity index (χ2v) is 11.7. The van der Waals surface area contributed by atoms with Crippen LogP contribution in [0, 0.1) is 0 Å². The third-order valence-electron chi connectivity index (χ3n) is 5.90. The van der Waals surface area contributed by atoms with Crippen molar-refractivity contribution in [3.8, 4) is 10.4 Å². The van der Waals surface area contributed by atoms with Crippen LogP contribution in [0.2, 0.25) is 0 Å². The van der Waals surface area contributed by atoms with Gasteiger partial charge in [-0.1, -0.05) is 36.8 Å². The molecular weight excluding hydrogens is 474 g/mol. The minimum atomic E-state index is -3.59. The Balaban J connectivity index is 1.58. The lowest BCUT2D eigenvalue weighted by Gasteiger charge is -2.35. The molecule has 0 saturated carbocycles. The summed E-state index contributed by atoms with van der Waals surface area (Å²) in [4.78, 5) is 25.8. The Kier molecular flexibility index (Phi) is 7.01. The zero-order valence-corrected chi connectivity index (χ0v) is 19.9. The van der Waals surface area contributed by atoms with Crippen molar-refractivity contribution in [1.29, 1.82) is 0 Å². The van der Waals surface area contributed by atoms with Crippen molar-refractivity contribution in [3.63, 3.8) is 0 Å². The molecule has 0 unspecified atom stereocenters. The number of benzene rings is 2. The minimum absolute atomic E-state index is 0.00880. The zero-order valence-electron chi connectivity index (χ0n) is 18.3. The number of amides is 3. The fourth-order valence-electron chi connectivity index (χ4n) is 4.22. The molecule has 0 spiro atoms. The van der Waals surface area contributed by atoms with Crippen molar-refractivity contribution in [2.24, 2.45) is 0 Å². The molecule has 8 nitrogen and oxygen atoms in total. The van der Waals surface area contributed by atoms with Crippen LogP contribution in [-0.4, -0.2) is 31.3 Å². The first-order valence-electron chi connectivity index (χ1n) is 10.8. The summed E-state index contributed by atoms with van der Waals surface area (Å²) in [6.45, 7) is 0. The van der Waals surface area contributed by atoms with Gasteiger partial charge in [-0.3, -0.25) is 10.0 Å². The molecule has 178 valence electrons. The number of anilines is 2. The Morgan fingerprint density at radius 1 is 0.941 bits per heavy atom. The van der Waals surface area contributed by atoms with Gasteiger partial charge in [0, 0.05) is 21.1 Å². The molecule has 1 aliphatic heterocycles. The topological polar surface area (TPSA) is 125 Å². The van der Waals surface area contributed by atoms with E-state index in [9.17, 15) is 18.0 Å². The van der Waals surface area contributed by atoms with Crippen LogP contribution in [-0.2, 0) is 19.4 Å². The highest BCUT2D eigenvalue weighted by Crippen LogP contribution is 2.47. The highest BCUT2D eigenvalue weighted by Gasteiger charge is 2.49. The van der Waals surface area contributed by atoms with Gasteiger partial charge in [0.15, 0.2) is 9.84 Å². The van der Waals surface area contributed by atoms with E-state index in [1.54, 1.807) is 35.8 Å². The summed E-state index contributed by atoms with van der Waals surface area (Å²) >= 11 is 1.31. The van der Waals surface area contributed by atoms with Gasteiger partial charge in [0.05, 0.1) is 12.2 Å². The second kappa shape index (κ2) is 9.96. The predicted octanol–water partition coefficient (Wildman–Crippen LogP) is 4.75. The third kappa shape index (κ3) is 4.98. The van der Waals surface area contributed by atoms with Gasteiger partial charge in [-0.05, 0) is 54.8 Å². The molecule has 0 radical (unpaired) electrons. The quantitative estimate of drug-likeness (QED) is 0.288. The van der Waals surface area contributed by atoms with Gasteiger partial charge in [-0.15, -0.1) is 11.3 Å². The number of nitrogens with one attached hydrogen (secondary N) is 3. The Morgan fingerprint density at radius 3 is 2.41 bits per heavy atom. The molecular formula is C24H25N3O5S2. The summed E-state index contributed by atoms with van der Waals surface area (Å²) in [7, 11) is -3.59. The van der Waals surface area contributed by atoms with Crippen molar-refractivity contribution in [2.45, 2.75) is 30.4 Å². The van der Waals surface area contributed by atoms with E-state index < -0.39 is 20.5 Å². The number of carbonyl (C=O) groups excluding carboxylic acids is 2. The van der Waals surface area contributed by atoms with Crippen LogP contribution in [0.15, 0.2) is 66.7 Å². The molecule has 0 bridgehead atoms. The molecule has 1 saturated heterocycles. The summed E-state index contributed by atoms with van der Waals surface area (Å²) in [5.41, 5.74) is 3.65. The number of thiophene rings is 1. The summed E-state index contributed by atoms with van der Waals surface area (Å²) in [5, 5.41) is 14.6.